The first-order valence-corrected chi connectivity index (χ1v) is 7.42. The van der Waals surface area contributed by atoms with Crippen LogP contribution in [0.15, 0.2) is 12.7 Å². The summed E-state index contributed by atoms with van der Waals surface area (Å²) >= 11 is 0. The second-order valence-corrected chi connectivity index (χ2v) is 5.89. The van der Waals surface area contributed by atoms with Gasteiger partial charge in [0.15, 0.2) is 0 Å². The van der Waals surface area contributed by atoms with Crippen LogP contribution >= 0.6 is 0 Å². The van der Waals surface area contributed by atoms with Gasteiger partial charge >= 0.3 is 0 Å². The Kier molecular flexibility index (Phi) is 7.75. The topological polar surface area (TPSA) is 44.4 Å². The van der Waals surface area contributed by atoms with Gasteiger partial charge in [0.05, 0.1) is 6.54 Å². The van der Waals surface area contributed by atoms with E-state index >= 15 is 0 Å². The number of carbonyl (C=O) groups is 1. The van der Waals surface area contributed by atoms with E-state index in [1.807, 2.05) is 0 Å². The van der Waals surface area contributed by atoms with Crippen molar-refractivity contribution in [2.24, 2.45) is 11.8 Å². The van der Waals surface area contributed by atoms with Gasteiger partial charge in [0, 0.05) is 13.1 Å². The third-order valence-corrected chi connectivity index (χ3v) is 3.40. The highest BCUT2D eigenvalue weighted by atomic mass is 16.2. The zero-order valence-corrected chi connectivity index (χ0v) is 12.5. The number of amides is 1. The number of hydrogen-bond acceptors (Lipinski definition) is 3. The van der Waals surface area contributed by atoms with Crippen molar-refractivity contribution in [1.29, 1.82) is 0 Å². The molecule has 1 heterocycles. The minimum Gasteiger partial charge on any atom is -0.352 e. The van der Waals surface area contributed by atoms with Crippen LogP contribution in [0.5, 0.6) is 0 Å². The predicted molar refractivity (Wildman–Crippen MR) is 80.1 cm³/mol. The molecule has 4 nitrogen and oxygen atoms in total. The maximum atomic E-state index is 11.7. The van der Waals surface area contributed by atoms with E-state index in [4.69, 9.17) is 0 Å². The van der Waals surface area contributed by atoms with Crippen molar-refractivity contribution < 1.29 is 4.79 Å². The number of nitrogens with one attached hydrogen (secondary N) is 2. The van der Waals surface area contributed by atoms with Crippen molar-refractivity contribution in [3.05, 3.63) is 12.7 Å². The van der Waals surface area contributed by atoms with E-state index in [0.717, 1.165) is 26.2 Å². The van der Waals surface area contributed by atoms with Crippen LogP contribution < -0.4 is 10.6 Å². The summed E-state index contributed by atoms with van der Waals surface area (Å²) in [6, 6.07) is 0. The molecule has 1 rings (SSSR count). The summed E-state index contributed by atoms with van der Waals surface area (Å²) in [6.45, 7) is 13.4. The highest BCUT2D eigenvalue weighted by molar-refractivity contribution is 5.78. The molecule has 0 aromatic carbocycles. The molecule has 0 bridgehead atoms. The molecule has 1 fully saturated rings. The van der Waals surface area contributed by atoms with Gasteiger partial charge in [-0.25, -0.2) is 0 Å². The van der Waals surface area contributed by atoms with Gasteiger partial charge in [-0.3, -0.25) is 9.69 Å². The summed E-state index contributed by atoms with van der Waals surface area (Å²) in [7, 11) is 0. The van der Waals surface area contributed by atoms with E-state index < -0.39 is 0 Å². The Morgan fingerprint density at radius 2 is 2.32 bits per heavy atom. The molecule has 2 N–H and O–H groups in total. The lowest BCUT2D eigenvalue weighted by atomic mass is 9.98. The number of carbonyl (C=O) groups excluding carboxylic acids is 1. The summed E-state index contributed by atoms with van der Waals surface area (Å²) < 4.78 is 0. The Morgan fingerprint density at radius 1 is 1.53 bits per heavy atom. The first-order chi connectivity index (χ1) is 9.11. The largest absolute Gasteiger partial charge is 0.352 e. The van der Waals surface area contributed by atoms with Crippen LogP contribution in [0.1, 0.15) is 26.7 Å². The Balaban J connectivity index is 2.21. The highest BCUT2D eigenvalue weighted by Gasteiger charge is 2.21. The van der Waals surface area contributed by atoms with E-state index in [0.29, 0.717) is 24.9 Å². The smallest absolute Gasteiger partial charge is 0.234 e. The number of nitrogens with zero attached hydrogens (tertiary/aromatic N) is 1. The maximum Gasteiger partial charge on any atom is 0.234 e. The van der Waals surface area contributed by atoms with Crippen molar-refractivity contribution in [1.82, 2.24) is 15.5 Å². The monoisotopic (exact) mass is 267 g/mol. The second kappa shape index (κ2) is 9.10. The molecule has 1 unspecified atom stereocenters. The molecule has 1 atom stereocenters. The molecule has 1 amide bonds. The van der Waals surface area contributed by atoms with Gasteiger partial charge in [-0.1, -0.05) is 19.9 Å². The Bertz CT molecular complexity index is 279. The van der Waals surface area contributed by atoms with Crippen LogP contribution in [0.4, 0.5) is 0 Å². The number of likely N-dealkylation sites (tertiary alicyclic amines) is 1. The molecule has 19 heavy (non-hydrogen) atoms. The van der Waals surface area contributed by atoms with Crippen molar-refractivity contribution in [3.63, 3.8) is 0 Å². The number of rotatable bonds is 8. The van der Waals surface area contributed by atoms with E-state index in [2.05, 4.69) is 36.0 Å². The fraction of sp³-hybridized carbons (Fsp3) is 0.800. The van der Waals surface area contributed by atoms with E-state index in [1.54, 1.807) is 6.08 Å². The third kappa shape index (κ3) is 7.33. The van der Waals surface area contributed by atoms with Gasteiger partial charge in [-0.05, 0) is 44.3 Å². The van der Waals surface area contributed by atoms with Gasteiger partial charge in [0.1, 0.15) is 0 Å². The zero-order chi connectivity index (χ0) is 14.1. The Hall–Kier alpha value is -0.870. The maximum absolute atomic E-state index is 11.7. The molecule has 0 aromatic rings. The van der Waals surface area contributed by atoms with Gasteiger partial charge in [-0.15, -0.1) is 6.58 Å². The molecule has 0 spiro atoms. The van der Waals surface area contributed by atoms with Crippen LogP contribution in [-0.4, -0.2) is 50.1 Å². The van der Waals surface area contributed by atoms with Crippen molar-refractivity contribution in [3.8, 4) is 0 Å². The summed E-state index contributed by atoms with van der Waals surface area (Å²) in [4.78, 5) is 13.9. The quantitative estimate of drug-likeness (QED) is 0.651. The summed E-state index contributed by atoms with van der Waals surface area (Å²) in [5, 5.41) is 6.36. The zero-order valence-electron chi connectivity index (χ0n) is 12.5. The molecule has 1 aliphatic rings. The van der Waals surface area contributed by atoms with Gasteiger partial charge in [-0.2, -0.15) is 0 Å². The third-order valence-electron chi connectivity index (χ3n) is 3.40. The van der Waals surface area contributed by atoms with Gasteiger partial charge < -0.3 is 10.6 Å². The number of piperidine rings is 1. The molecule has 4 heteroatoms. The van der Waals surface area contributed by atoms with E-state index in [-0.39, 0.29) is 5.91 Å². The van der Waals surface area contributed by atoms with Crippen LogP contribution in [0.3, 0.4) is 0 Å². The first kappa shape index (κ1) is 16.2. The Morgan fingerprint density at radius 3 is 3.00 bits per heavy atom. The van der Waals surface area contributed by atoms with Crippen molar-refractivity contribution in [2.45, 2.75) is 26.7 Å². The molecule has 1 saturated heterocycles. The fourth-order valence-corrected chi connectivity index (χ4v) is 2.48. The molecule has 1 aliphatic heterocycles. The molecule has 0 aromatic heterocycles. The SMILES string of the molecule is C=CCNC(=O)CN1CCCC(CNCC(C)C)C1. The summed E-state index contributed by atoms with van der Waals surface area (Å²) in [5.74, 6) is 1.49. The lowest BCUT2D eigenvalue weighted by Crippen LogP contribution is -2.44. The van der Waals surface area contributed by atoms with E-state index in [1.165, 1.54) is 12.8 Å². The molecule has 110 valence electrons. The minimum absolute atomic E-state index is 0.107. The van der Waals surface area contributed by atoms with Crippen LogP contribution in [0.2, 0.25) is 0 Å². The second-order valence-electron chi connectivity index (χ2n) is 5.89. The minimum atomic E-state index is 0.107. The molecular weight excluding hydrogens is 238 g/mol. The normalized spacial score (nSPS) is 20.5. The van der Waals surface area contributed by atoms with Crippen LogP contribution in [0.25, 0.3) is 0 Å². The number of hydrogen-bond donors (Lipinski definition) is 2. The van der Waals surface area contributed by atoms with Crippen molar-refractivity contribution in [2.75, 3.05) is 39.3 Å². The van der Waals surface area contributed by atoms with Crippen molar-refractivity contribution >= 4 is 5.91 Å². The Labute approximate surface area is 117 Å². The van der Waals surface area contributed by atoms with Crippen LogP contribution in [-0.2, 0) is 4.79 Å². The lowest BCUT2D eigenvalue weighted by molar-refractivity contribution is -0.122. The molecule has 0 radical (unpaired) electrons. The first-order valence-electron chi connectivity index (χ1n) is 7.42. The molecule has 0 saturated carbocycles. The van der Waals surface area contributed by atoms with Gasteiger partial charge in [0.25, 0.3) is 0 Å². The lowest BCUT2D eigenvalue weighted by Gasteiger charge is -2.32. The average Bonchev–Trinajstić information content (AvgIpc) is 2.36. The molecule has 0 aliphatic carbocycles. The fourth-order valence-electron chi connectivity index (χ4n) is 2.48. The van der Waals surface area contributed by atoms with Crippen LogP contribution in [0, 0.1) is 11.8 Å². The van der Waals surface area contributed by atoms with Gasteiger partial charge in [0.2, 0.25) is 5.91 Å². The standard InChI is InChI=1S/C15H29N3O/c1-4-7-17-15(19)12-18-8-5-6-14(11-18)10-16-9-13(2)3/h4,13-14,16H,1,5-12H2,2-3H3,(H,17,19). The predicted octanol–water partition coefficient (Wildman–Crippen LogP) is 1.25. The average molecular weight is 267 g/mol. The summed E-state index contributed by atoms with van der Waals surface area (Å²) in [5.41, 5.74) is 0. The highest BCUT2D eigenvalue weighted by Crippen LogP contribution is 2.15. The summed E-state index contributed by atoms with van der Waals surface area (Å²) in [6.07, 6.45) is 4.19. The van der Waals surface area contributed by atoms with E-state index in [9.17, 15) is 4.79 Å². The molecular formula is C15H29N3O.